The third kappa shape index (κ3) is 3.18. The number of carbonyl (C=O) groups is 1. The molecule has 0 saturated heterocycles. The highest BCUT2D eigenvalue weighted by Gasteiger charge is 2.17. The van der Waals surface area contributed by atoms with Crippen molar-refractivity contribution in [2.24, 2.45) is 0 Å². The molecular weight excluding hydrogens is 312 g/mol. The van der Waals surface area contributed by atoms with Crippen LogP contribution in [-0.2, 0) is 12.8 Å². The molecule has 25 heavy (non-hydrogen) atoms. The van der Waals surface area contributed by atoms with E-state index in [1.807, 2.05) is 25.1 Å². The Balaban J connectivity index is 1.47. The average Bonchev–Trinajstić information content (AvgIpc) is 3.31. The van der Waals surface area contributed by atoms with Crippen LogP contribution in [0.4, 0.5) is 0 Å². The first-order chi connectivity index (χ1) is 12.2. The first kappa shape index (κ1) is 15.6. The van der Waals surface area contributed by atoms with Crippen LogP contribution in [0.1, 0.15) is 46.6 Å². The van der Waals surface area contributed by atoms with Crippen molar-refractivity contribution >= 4 is 5.91 Å². The van der Waals surface area contributed by atoms with Crippen molar-refractivity contribution in [1.29, 1.82) is 0 Å². The van der Waals surface area contributed by atoms with E-state index in [0.717, 1.165) is 17.7 Å². The number of nitrogens with one attached hydrogen (secondary N) is 2. The molecule has 4 rings (SSSR count). The fourth-order valence-electron chi connectivity index (χ4n) is 3.30. The highest BCUT2D eigenvalue weighted by Crippen LogP contribution is 2.25. The number of nitrogens with zero attached hydrogens (tertiary/aromatic N) is 2. The Bertz CT molecular complexity index is 901. The molecule has 5 heteroatoms. The number of aromatic nitrogens is 3. The summed E-state index contributed by atoms with van der Waals surface area (Å²) in [6.45, 7) is 2.00. The van der Waals surface area contributed by atoms with E-state index >= 15 is 0 Å². The quantitative estimate of drug-likeness (QED) is 0.769. The molecule has 0 radical (unpaired) electrons. The van der Waals surface area contributed by atoms with Crippen LogP contribution in [0.3, 0.4) is 0 Å². The molecule has 0 bridgehead atoms. The fourth-order valence-corrected chi connectivity index (χ4v) is 3.30. The van der Waals surface area contributed by atoms with Crippen molar-refractivity contribution in [3.8, 4) is 11.4 Å². The molecule has 1 atom stereocenters. The van der Waals surface area contributed by atoms with Gasteiger partial charge in [0.05, 0.1) is 11.7 Å². The maximum atomic E-state index is 12.5. The second-order valence-corrected chi connectivity index (χ2v) is 6.46. The van der Waals surface area contributed by atoms with E-state index in [1.165, 1.54) is 24.0 Å². The summed E-state index contributed by atoms with van der Waals surface area (Å²) in [5.74, 6) is -0.164. The molecule has 1 amide bonds. The monoisotopic (exact) mass is 332 g/mol. The number of pyridine rings is 1. The topological polar surface area (TPSA) is 70.7 Å². The lowest BCUT2D eigenvalue weighted by Crippen LogP contribution is -2.27. The highest BCUT2D eigenvalue weighted by atomic mass is 16.2. The number of rotatable bonds is 4. The van der Waals surface area contributed by atoms with Crippen LogP contribution < -0.4 is 5.32 Å². The van der Waals surface area contributed by atoms with E-state index in [2.05, 4.69) is 38.7 Å². The summed E-state index contributed by atoms with van der Waals surface area (Å²) in [7, 11) is 0. The predicted molar refractivity (Wildman–Crippen MR) is 96.2 cm³/mol. The minimum Gasteiger partial charge on any atom is -0.344 e. The van der Waals surface area contributed by atoms with Gasteiger partial charge in [-0.2, -0.15) is 5.10 Å². The molecule has 3 aromatic rings. The Morgan fingerprint density at radius 3 is 2.84 bits per heavy atom. The smallest absolute Gasteiger partial charge is 0.269 e. The van der Waals surface area contributed by atoms with Gasteiger partial charge in [-0.1, -0.05) is 24.3 Å². The van der Waals surface area contributed by atoms with Gasteiger partial charge in [0.15, 0.2) is 0 Å². The third-order valence-electron chi connectivity index (χ3n) is 4.72. The fraction of sp³-hybridized carbons (Fsp3) is 0.250. The van der Waals surface area contributed by atoms with Crippen molar-refractivity contribution in [3.05, 3.63) is 71.0 Å². The molecule has 1 aliphatic carbocycles. The van der Waals surface area contributed by atoms with Gasteiger partial charge in [0, 0.05) is 6.20 Å². The predicted octanol–water partition coefficient (Wildman–Crippen LogP) is 3.45. The van der Waals surface area contributed by atoms with Crippen LogP contribution in [0, 0.1) is 0 Å². The molecule has 0 spiro atoms. The van der Waals surface area contributed by atoms with Gasteiger partial charge < -0.3 is 5.32 Å². The van der Waals surface area contributed by atoms with Crippen LogP contribution in [0.15, 0.2) is 48.7 Å². The molecule has 0 unspecified atom stereocenters. The largest absolute Gasteiger partial charge is 0.344 e. The lowest BCUT2D eigenvalue weighted by atomic mass is 10.0. The van der Waals surface area contributed by atoms with Crippen LogP contribution in [0.2, 0.25) is 0 Å². The number of carbonyl (C=O) groups excluding carboxylic acids is 1. The van der Waals surface area contributed by atoms with Crippen LogP contribution >= 0.6 is 0 Å². The van der Waals surface area contributed by atoms with Gasteiger partial charge in [0.25, 0.3) is 5.91 Å². The highest BCUT2D eigenvalue weighted by molar-refractivity contribution is 5.93. The van der Waals surface area contributed by atoms with E-state index in [0.29, 0.717) is 11.4 Å². The summed E-state index contributed by atoms with van der Waals surface area (Å²) >= 11 is 0. The molecule has 126 valence electrons. The van der Waals surface area contributed by atoms with E-state index in [4.69, 9.17) is 0 Å². The number of H-pyrrole nitrogens is 1. The minimum atomic E-state index is -0.164. The van der Waals surface area contributed by atoms with Gasteiger partial charge in [0.1, 0.15) is 11.4 Å². The van der Waals surface area contributed by atoms with Gasteiger partial charge in [-0.3, -0.25) is 14.9 Å². The van der Waals surface area contributed by atoms with Crippen LogP contribution in [0.25, 0.3) is 11.4 Å². The molecule has 5 nitrogen and oxygen atoms in total. The minimum absolute atomic E-state index is 0.0556. The SMILES string of the molecule is C[C@H](NC(=O)c1cc(-c2ccccn2)n[nH]1)c1ccc2c(c1)CCC2. The van der Waals surface area contributed by atoms with Gasteiger partial charge in [0.2, 0.25) is 0 Å². The van der Waals surface area contributed by atoms with Crippen molar-refractivity contribution < 1.29 is 4.79 Å². The van der Waals surface area contributed by atoms with Crippen molar-refractivity contribution in [2.45, 2.75) is 32.2 Å². The summed E-state index contributed by atoms with van der Waals surface area (Å²) in [4.78, 5) is 16.8. The lowest BCUT2D eigenvalue weighted by Gasteiger charge is -2.15. The number of benzene rings is 1. The Hall–Kier alpha value is -2.95. The number of amides is 1. The Morgan fingerprint density at radius 2 is 2.00 bits per heavy atom. The zero-order valence-corrected chi connectivity index (χ0v) is 14.1. The molecule has 1 aromatic carbocycles. The third-order valence-corrected chi connectivity index (χ3v) is 4.72. The van der Waals surface area contributed by atoms with Crippen molar-refractivity contribution in [1.82, 2.24) is 20.5 Å². The molecule has 0 fully saturated rings. The summed E-state index contributed by atoms with van der Waals surface area (Å²) in [5.41, 5.74) is 5.83. The normalized spacial score (nSPS) is 14.1. The number of aryl methyl sites for hydroxylation is 2. The van der Waals surface area contributed by atoms with E-state index in [1.54, 1.807) is 12.3 Å². The molecular formula is C20H20N4O. The first-order valence-electron chi connectivity index (χ1n) is 8.60. The average molecular weight is 332 g/mol. The molecule has 2 N–H and O–H groups in total. The summed E-state index contributed by atoms with van der Waals surface area (Å²) in [5, 5.41) is 10.0. The van der Waals surface area contributed by atoms with E-state index in [-0.39, 0.29) is 11.9 Å². The van der Waals surface area contributed by atoms with Crippen molar-refractivity contribution in [2.75, 3.05) is 0 Å². The number of aromatic amines is 1. The second-order valence-electron chi connectivity index (χ2n) is 6.46. The molecule has 2 aromatic heterocycles. The van der Waals surface area contributed by atoms with Crippen LogP contribution in [-0.4, -0.2) is 21.1 Å². The van der Waals surface area contributed by atoms with Gasteiger partial charge >= 0.3 is 0 Å². The van der Waals surface area contributed by atoms with Gasteiger partial charge in [-0.05, 0) is 61.1 Å². The van der Waals surface area contributed by atoms with E-state index < -0.39 is 0 Å². The van der Waals surface area contributed by atoms with Crippen LogP contribution in [0.5, 0.6) is 0 Å². The standard InChI is InChI=1S/C20H20N4O/c1-13(15-9-8-14-5-4-6-16(14)11-15)22-20(25)19-12-18(23-24-19)17-7-2-3-10-21-17/h2-3,7-13H,4-6H2,1H3,(H,22,25)(H,23,24)/t13-/m0/s1. The molecule has 0 saturated carbocycles. The number of hydrogen-bond donors (Lipinski definition) is 2. The zero-order valence-electron chi connectivity index (χ0n) is 14.1. The lowest BCUT2D eigenvalue weighted by molar-refractivity contribution is 0.0935. The molecule has 2 heterocycles. The number of hydrogen-bond acceptors (Lipinski definition) is 3. The summed E-state index contributed by atoms with van der Waals surface area (Å²) in [6, 6.07) is 13.8. The Labute approximate surface area is 146 Å². The summed E-state index contributed by atoms with van der Waals surface area (Å²) < 4.78 is 0. The second kappa shape index (κ2) is 6.51. The first-order valence-corrected chi connectivity index (χ1v) is 8.60. The molecule has 1 aliphatic rings. The zero-order chi connectivity index (χ0) is 17.2. The van der Waals surface area contributed by atoms with E-state index in [9.17, 15) is 4.79 Å². The molecule has 0 aliphatic heterocycles. The van der Waals surface area contributed by atoms with Crippen molar-refractivity contribution in [3.63, 3.8) is 0 Å². The Morgan fingerprint density at radius 1 is 1.12 bits per heavy atom. The summed E-state index contributed by atoms with van der Waals surface area (Å²) in [6.07, 6.45) is 5.24. The Kier molecular flexibility index (Phi) is 4.06. The maximum Gasteiger partial charge on any atom is 0.269 e. The number of fused-ring (bicyclic) bond motifs is 1. The van der Waals surface area contributed by atoms with Gasteiger partial charge in [-0.25, -0.2) is 0 Å². The van der Waals surface area contributed by atoms with Gasteiger partial charge in [-0.15, -0.1) is 0 Å². The maximum absolute atomic E-state index is 12.5.